The van der Waals surface area contributed by atoms with Crippen molar-refractivity contribution in [3.8, 4) is 5.75 Å². The number of amides is 1. The minimum Gasteiger partial charge on any atom is -0.497 e. The van der Waals surface area contributed by atoms with Crippen LogP contribution in [0.25, 0.3) is 0 Å². The van der Waals surface area contributed by atoms with Crippen LogP contribution in [0.15, 0.2) is 24.3 Å². The molecule has 3 rings (SSSR count). The minimum absolute atomic E-state index is 0.0396. The van der Waals surface area contributed by atoms with Crippen molar-refractivity contribution in [2.24, 2.45) is 0 Å². The fourth-order valence-electron chi connectivity index (χ4n) is 2.55. The van der Waals surface area contributed by atoms with E-state index in [1.165, 1.54) is 11.5 Å². The summed E-state index contributed by atoms with van der Waals surface area (Å²) >= 11 is 1.17. The molecule has 1 fully saturated rings. The Morgan fingerprint density at radius 3 is 2.68 bits per heavy atom. The number of carbonyl (C=O) groups excluding carboxylic acids is 1. The lowest BCUT2D eigenvalue weighted by Gasteiger charge is -2.36. The topological polar surface area (TPSA) is 58.6 Å². The Morgan fingerprint density at radius 1 is 1.27 bits per heavy atom. The zero-order valence-corrected chi connectivity index (χ0v) is 13.5. The molecule has 116 valence electrons. The monoisotopic (exact) mass is 318 g/mol. The van der Waals surface area contributed by atoms with Gasteiger partial charge in [-0.3, -0.25) is 4.79 Å². The number of hydrogen-bond donors (Lipinski definition) is 0. The fourth-order valence-corrected chi connectivity index (χ4v) is 3.17. The van der Waals surface area contributed by atoms with Gasteiger partial charge in [-0.25, -0.2) is 0 Å². The quantitative estimate of drug-likeness (QED) is 0.864. The molecule has 1 aliphatic rings. The molecule has 0 radical (unpaired) electrons. The first-order chi connectivity index (χ1) is 10.7. The van der Waals surface area contributed by atoms with E-state index < -0.39 is 0 Å². The standard InChI is InChI=1S/C15H18N4O2S/c1-11-14(22-17-16-11)15(20)19-8-6-18(7-9-19)12-4-3-5-13(10-12)21-2/h3-5,10H,6-9H2,1-2H3. The van der Waals surface area contributed by atoms with Gasteiger partial charge in [-0.1, -0.05) is 10.6 Å². The van der Waals surface area contributed by atoms with Gasteiger partial charge in [0.25, 0.3) is 5.91 Å². The van der Waals surface area contributed by atoms with Crippen molar-refractivity contribution in [1.82, 2.24) is 14.5 Å². The first-order valence-corrected chi connectivity index (χ1v) is 7.93. The van der Waals surface area contributed by atoms with Crippen molar-refractivity contribution >= 4 is 23.1 Å². The molecule has 1 aromatic heterocycles. The van der Waals surface area contributed by atoms with E-state index in [1.54, 1.807) is 7.11 Å². The number of ether oxygens (including phenoxy) is 1. The maximum Gasteiger partial charge on any atom is 0.267 e. The number of anilines is 1. The second-order valence-electron chi connectivity index (χ2n) is 5.17. The van der Waals surface area contributed by atoms with Gasteiger partial charge < -0.3 is 14.5 Å². The van der Waals surface area contributed by atoms with E-state index in [4.69, 9.17) is 4.74 Å². The third-order valence-corrected chi connectivity index (χ3v) is 4.65. The molecule has 1 aliphatic heterocycles. The second kappa shape index (κ2) is 6.31. The number of hydrogen-bond acceptors (Lipinski definition) is 6. The molecule has 1 aromatic carbocycles. The normalized spacial score (nSPS) is 15.0. The molecule has 0 bridgehead atoms. The molecule has 6 nitrogen and oxygen atoms in total. The van der Waals surface area contributed by atoms with Crippen LogP contribution >= 0.6 is 11.5 Å². The molecule has 7 heteroatoms. The van der Waals surface area contributed by atoms with Crippen LogP contribution in [0.1, 0.15) is 15.4 Å². The summed E-state index contributed by atoms with van der Waals surface area (Å²) in [7, 11) is 1.67. The summed E-state index contributed by atoms with van der Waals surface area (Å²) in [5.41, 5.74) is 1.84. The first-order valence-electron chi connectivity index (χ1n) is 7.16. The lowest BCUT2D eigenvalue weighted by atomic mass is 10.2. The van der Waals surface area contributed by atoms with Gasteiger partial charge in [0.05, 0.1) is 12.8 Å². The molecule has 2 aromatic rings. The Labute approximate surface area is 133 Å². The Bertz CT molecular complexity index is 665. The van der Waals surface area contributed by atoms with Crippen LogP contribution in [-0.2, 0) is 0 Å². The van der Waals surface area contributed by atoms with Crippen molar-refractivity contribution in [3.63, 3.8) is 0 Å². The molecule has 0 saturated carbocycles. The Balaban J connectivity index is 1.65. The lowest BCUT2D eigenvalue weighted by Crippen LogP contribution is -2.48. The number of benzene rings is 1. The van der Waals surface area contributed by atoms with E-state index >= 15 is 0 Å². The van der Waals surface area contributed by atoms with E-state index in [1.807, 2.05) is 30.0 Å². The molecule has 1 amide bonds. The number of aryl methyl sites for hydroxylation is 1. The van der Waals surface area contributed by atoms with E-state index in [0.29, 0.717) is 23.7 Å². The van der Waals surface area contributed by atoms with Crippen LogP contribution in [-0.4, -0.2) is 53.7 Å². The highest BCUT2D eigenvalue weighted by Gasteiger charge is 2.25. The average Bonchev–Trinajstić information content (AvgIpc) is 3.00. The average molecular weight is 318 g/mol. The van der Waals surface area contributed by atoms with E-state index in [0.717, 1.165) is 24.5 Å². The molecule has 22 heavy (non-hydrogen) atoms. The van der Waals surface area contributed by atoms with Crippen LogP contribution < -0.4 is 9.64 Å². The number of rotatable bonds is 3. The van der Waals surface area contributed by atoms with Gasteiger partial charge >= 0.3 is 0 Å². The molecule has 0 unspecified atom stereocenters. The van der Waals surface area contributed by atoms with Crippen molar-refractivity contribution < 1.29 is 9.53 Å². The zero-order chi connectivity index (χ0) is 15.5. The Hall–Kier alpha value is -2.15. The van der Waals surface area contributed by atoms with E-state index in [-0.39, 0.29) is 5.91 Å². The molecule has 0 aliphatic carbocycles. The van der Waals surface area contributed by atoms with E-state index in [2.05, 4.69) is 20.6 Å². The van der Waals surface area contributed by atoms with Gasteiger partial charge in [-0.05, 0) is 30.6 Å². The minimum atomic E-state index is 0.0396. The molecular formula is C15H18N4O2S. The number of aromatic nitrogens is 2. The van der Waals surface area contributed by atoms with Gasteiger partial charge in [-0.2, -0.15) is 0 Å². The van der Waals surface area contributed by atoms with Crippen molar-refractivity contribution in [3.05, 3.63) is 34.8 Å². The summed E-state index contributed by atoms with van der Waals surface area (Å²) in [6, 6.07) is 8.01. The summed E-state index contributed by atoms with van der Waals surface area (Å²) in [5.74, 6) is 0.889. The van der Waals surface area contributed by atoms with Crippen molar-refractivity contribution in [2.75, 3.05) is 38.2 Å². The third kappa shape index (κ3) is 2.89. The lowest BCUT2D eigenvalue weighted by molar-refractivity contribution is 0.0750. The Kier molecular flexibility index (Phi) is 4.24. The maximum atomic E-state index is 12.4. The van der Waals surface area contributed by atoms with Crippen LogP contribution in [0, 0.1) is 6.92 Å². The zero-order valence-electron chi connectivity index (χ0n) is 12.7. The van der Waals surface area contributed by atoms with Crippen molar-refractivity contribution in [1.29, 1.82) is 0 Å². The Morgan fingerprint density at radius 2 is 2.05 bits per heavy atom. The molecule has 0 atom stereocenters. The largest absolute Gasteiger partial charge is 0.497 e. The third-order valence-electron chi connectivity index (χ3n) is 3.83. The smallest absolute Gasteiger partial charge is 0.267 e. The molecule has 1 saturated heterocycles. The number of carbonyl (C=O) groups is 1. The fraction of sp³-hybridized carbons (Fsp3) is 0.400. The van der Waals surface area contributed by atoms with E-state index in [9.17, 15) is 4.79 Å². The van der Waals surface area contributed by atoms with Crippen LogP contribution in [0.3, 0.4) is 0 Å². The molecule has 0 N–H and O–H groups in total. The number of piperazine rings is 1. The summed E-state index contributed by atoms with van der Waals surface area (Å²) < 4.78 is 9.10. The summed E-state index contributed by atoms with van der Waals surface area (Å²) in [4.78, 5) is 17.2. The maximum absolute atomic E-state index is 12.4. The predicted molar refractivity (Wildman–Crippen MR) is 85.8 cm³/mol. The van der Waals surface area contributed by atoms with Gasteiger partial charge in [0.15, 0.2) is 0 Å². The van der Waals surface area contributed by atoms with Crippen LogP contribution in [0.4, 0.5) is 5.69 Å². The summed E-state index contributed by atoms with van der Waals surface area (Å²) in [6.45, 7) is 4.85. The molecule has 0 spiro atoms. The van der Waals surface area contributed by atoms with Crippen LogP contribution in [0.5, 0.6) is 5.75 Å². The van der Waals surface area contributed by atoms with Crippen LogP contribution in [0.2, 0.25) is 0 Å². The van der Waals surface area contributed by atoms with Gasteiger partial charge in [0, 0.05) is 37.9 Å². The first kappa shape index (κ1) is 14.8. The molecule has 2 heterocycles. The van der Waals surface area contributed by atoms with Gasteiger partial charge in [0.1, 0.15) is 10.6 Å². The number of methoxy groups -OCH3 is 1. The number of nitrogens with zero attached hydrogens (tertiary/aromatic N) is 4. The highest BCUT2D eigenvalue weighted by atomic mass is 32.1. The predicted octanol–water partition coefficient (Wildman–Crippen LogP) is 1.82. The molecular weight excluding hydrogens is 300 g/mol. The summed E-state index contributed by atoms with van der Waals surface area (Å²) in [5, 5.41) is 3.91. The summed E-state index contributed by atoms with van der Waals surface area (Å²) in [6.07, 6.45) is 0. The van der Waals surface area contributed by atoms with Gasteiger partial charge in [0.2, 0.25) is 0 Å². The van der Waals surface area contributed by atoms with Crippen molar-refractivity contribution in [2.45, 2.75) is 6.92 Å². The SMILES string of the molecule is COc1cccc(N2CCN(C(=O)c3snnc3C)CC2)c1. The highest BCUT2D eigenvalue weighted by molar-refractivity contribution is 7.07. The van der Waals surface area contributed by atoms with Gasteiger partial charge in [-0.15, -0.1) is 5.10 Å². The second-order valence-corrected chi connectivity index (χ2v) is 5.92. The highest BCUT2D eigenvalue weighted by Crippen LogP contribution is 2.23.